The molecule has 0 aliphatic heterocycles. The van der Waals surface area contributed by atoms with E-state index in [-0.39, 0.29) is 36.5 Å². The van der Waals surface area contributed by atoms with E-state index in [9.17, 15) is 9.90 Å². The third-order valence-electron chi connectivity index (χ3n) is 3.19. The van der Waals surface area contributed by atoms with Crippen LogP contribution in [0, 0.1) is 0 Å². The molecule has 1 rings (SSSR count). The number of carbonyl (C=O) groups excluding carboxylic acids is 1. The molecule has 0 radical (unpaired) electrons. The smallest absolute Gasteiger partial charge is 0.305 e. The summed E-state index contributed by atoms with van der Waals surface area (Å²) in [5.74, 6) is 0.448. The van der Waals surface area contributed by atoms with Crippen molar-refractivity contribution in [3.8, 4) is 0 Å². The lowest BCUT2D eigenvalue weighted by molar-refractivity contribution is -0.143. The van der Waals surface area contributed by atoms with Crippen LogP contribution in [0.25, 0.3) is 0 Å². The van der Waals surface area contributed by atoms with Crippen molar-refractivity contribution in [3.63, 3.8) is 0 Å². The number of thiophene rings is 1. The van der Waals surface area contributed by atoms with Gasteiger partial charge in [0.25, 0.3) is 0 Å². The van der Waals surface area contributed by atoms with Crippen LogP contribution in [0.1, 0.15) is 39.2 Å². The highest BCUT2D eigenvalue weighted by molar-refractivity contribution is 14.0. The summed E-state index contributed by atoms with van der Waals surface area (Å²) in [5, 5.41) is 20.6. The van der Waals surface area contributed by atoms with Crippen molar-refractivity contribution in [2.24, 2.45) is 4.99 Å². The summed E-state index contributed by atoms with van der Waals surface area (Å²) in [7, 11) is 0. The van der Waals surface area contributed by atoms with Gasteiger partial charge in [-0.25, -0.2) is 4.99 Å². The second-order valence-corrected chi connectivity index (χ2v) is 6.10. The fraction of sp³-hybridized carbons (Fsp3) is 0.625. The van der Waals surface area contributed by atoms with Gasteiger partial charge < -0.3 is 20.5 Å². The molecule has 0 aromatic carbocycles. The van der Waals surface area contributed by atoms with E-state index in [1.165, 1.54) is 0 Å². The third-order valence-corrected chi connectivity index (χ3v) is 3.87. The van der Waals surface area contributed by atoms with Crippen molar-refractivity contribution in [3.05, 3.63) is 22.4 Å². The Morgan fingerprint density at radius 3 is 2.75 bits per heavy atom. The van der Waals surface area contributed by atoms with E-state index < -0.39 is 5.60 Å². The fourth-order valence-electron chi connectivity index (χ4n) is 1.91. The normalized spacial score (nSPS) is 13.6. The molecule has 1 unspecified atom stereocenters. The lowest BCUT2D eigenvalue weighted by atomic mass is 10.00. The number of aliphatic hydroxyl groups is 1. The minimum atomic E-state index is -0.993. The molecule has 0 aliphatic carbocycles. The molecule has 8 heteroatoms. The van der Waals surface area contributed by atoms with Crippen LogP contribution in [0.2, 0.25) is 0 Å². The van der Waals surface area contributed by atoms with Crippen molar-refractivity contribution in [2.45, 2.75) is 39.2 Å². The molecule has 0 amide bonds. The molecule has 1 atom stereocenters. The first-order valence-electron chi connectivity index (χ1n) is 7.92. The van der Waals surface area contributed by atoms with Gasteiger partial charge in [-0.3, -0.25) is 4.79 Å². The first-order valence-corrected chi connectivity index (χ1v) is 8.86. The highest BCUT2D eigenvalue weighted by Crippen LogP contribution is 2.23. The summed E-state index contributed by atoms with van der Waals surface area (Å²) < 4.78 is 4.89. The molecule has 0 saturated carbocycles. The standard InChI is InChI=1S/C16H27N3O3S.HI/c1-4-17-15(18-9-6-7-14(20)22-5-2)19-12-16(3,21)13-8-10-23-11-13;/h8,10-11,21H,4-7,9,12H2,1-3H3,(H2,17,18,19);1H. The van der Waals surface area contributed by atoms with Gasteiger partial charge in [-0.15, -0.1) is 24.0 Å². The van der Waals surface area contributed by atoms with Gasteiger partial charge in [0.2, 0.25) is 0 Å². The predicted octanol–water partition coefficient (Wildman–Crippen LogP) is 2.47. The topological polar surface area (TPSA) is 83.0 Å². The maximum Gasteiger partial charge on any atom is 0.305 e. The van der Waals surface area contributed by atoms with Crippen LogP contribution in [0.3, 0.4) is 0 Å². The van der Waals surface area contributed by atoms with Gasteiger partial charge in [0.15, 0.2) is 5.96 Å². The Morgan fingerprint density at radius 1 is 1.42 bits per heavy atom. The zero-order chi connectivity index (χ0) is 17.1. The van der Waals surface area contributed by atoms with Gasteiger partial charge in [0.05, 0.1) is 13.2 Å². The number of rotatable bonds is 9. The van der Waals surface area contributed by atoms with Crippen LogP contribution < -0.4 is 10.6 Å². The number of ether oxygens (including phenoxy) is 1. The Balaban J connectivity index is 0.00000529. The number of hydrogen-bond donors (Lipinski definition) is 3. The predicted molar refractivity (Wildman–Crippen MR) is 109 cm³/mol. The number of nitrogens with one attached hydrogen (secondary N) is 2. The Kier molecular flexibility index (Phi) is 12.0. The van der Waals surface area contributed by atoms with Gasteiger partial charge in [0.1, 0.15) is 5.60 Å². The van der Waals surface area contributed by atoms with Crippen molar-refractivity contribution in [1.82, 2.24) is 10.6 Å². The van der Waals surface area contributed by atoms with Crippen molar-refractivity contribution >= 4 is 47.2 Å². The summed E-state index contributed by atoms with van der Waals surface area (Å²) in [4.78, 5) is 15.7. The third kappa shape index (κ3) is 8.84. The molecule has 1 aromatic heterocycles. The minimum absolute atomic E-state index is 0. The van der Waals surface area contributed by atoms with Crippen LogP contribution in [0.15, 0.2) is 21.8 Å². The molecule has 1 aromatic rings. The number of nitrogens with zero attached hydrogens (tertiary/aromatic N) is 1. The fourth-order valence-corrected chi connectivity index (χ4v) is 2.69. The van der Waals surface area contributed by atoms with Gasteiger partial charge in [-0.2, -0.15) is 11.3 Å². The van der Waals surface area contributed by atoms with E-state index in [2.05, 4.69) is 15.6 Å². The maximum absolute atomic E-state index is 11.3. The largest absolute Gasteiger partial charge is 0.466 e. The molecular weight excluding hydrogens is 441 g/mol. The van der Waals surface area contributed by atoms with Crippen molar-refractivity contribution in [2.75, 3.05) is 26.2 Å². The first kappa shape index (κ1) is 23.1. The summed E-state index contributed by atoms with van der Waals surface area (Å²) in [6, 6.07) is 1.90. The molecule has 0 bridgehead atoms. The molecule has 24 heavy (non-hydrogen) atoms. The summed E-state index contributed by atoms with van der Waals surface area (Å²) in [6.07, 6.45) is 1.05. The number of halogens is 1. The number of hydrogen-bond acceptors (Lipinski definition) is 5. The van der Waals surface area contributed by atoms with Crippen LogP contribution in [-0.2, 0) is 15.1 Å². The SMILES string of the molecule is CCNC(=NCC(C)(O)c1ccsc1)NCCCC(=O)OCC.I. The molecule has 6 nitrogen and oxygen atoms in total. The molecule has 0 aliphatic rings. The Labute approximate surface area is 165 Å². The van der Waals surface area contributed by atoms with E-state index in [4.69, 9.17) is 4.74 Å². The zero-order valence-corrected chi connectivity index (χ0v) is 17.6. The molecule has 0 saturated heterocycles. The first-order chi connectivity index (χ1) is 11.0. The van der Waals surface area contributed by atoms with Gasteiger partial charge in [-0.05, 0) is 49.6 Å². The lowest BCUT2D eigenvalue weighted by Gasteiger charge is -2.21. The number of aliphatic imine (C=N–C) groups is 1. The average molecular weight is 469 g/mol. The van der Waals surface area contributed by atoms with E-state index in [1.807, 2.05) is 23.8 Å². The second kappa shape index (κ2) is 12.5. The molecule has 0 fully saturated rings. The van der Waals surface area contributed by atoms with Crippen molar-refractivity contribution in [1.29, 1.82) is 0 Å². The van der Waals surface area contributed by atoms with Gasteiger partial charge in [-0.1, -0.05) is 0 Å². The second-order valence-electron chi connectivity index (χ2n) is 5.32. The van der Waals surface area contributed by atoms with E-state index in [0.717, 1.165) is 12.1 Å². The van der Waals surface area contributed by atoms with Gasteiger partial charge in [0, 0.05) is 19.5 Å². The number of carbonyl (C=O) groups is 1. The number of esters is 1. The summed E-state index contributed by atoms with van der Waals surface area (Å²) in [6.45, 7) is 7.54. The van der Waals surface area contributed by atoms with Crippen molar-refractivity contribution < 1.29 is 14.6 Å². The summed E-state index contributed by atoms with van der Waals surface area (Å²) >= 11 is 1.55. The lowest BCUT2D eigenvalue weighted by Crippen LogP contribution is -2.39. The Morgan fingerprint density at radius 2 is 2.17 bits per heavy atom. The molecule has 1 heterocycles. The zero-order valence-electron chi connectivity index (χ0n) is 14.5. The summed E-state index contributed by atoms with van der Waals surface area (Å²) in [5.41, 5.74) is -0.128. The maximum atomic E-state index is 11.3. The van der Waals surface area contributed by atoms with Crippen LogP contribution in [0.5, 0.6) is 0 Å². The Hall–Kier alpha value is -0.870. The molecule has 0 spiro atoms. The number of guanidine groups is 1. The van der Waals surface area contributed by atoms with Crippen LogP contribution in [0.4, 0.5) is 0 Å². The molecule has 3 N–H and O–H groups in total. The average Bonchev–Trinajstić information content (AvgIpc) is 3.04. The monoisotopic (exact) mass is 469 g/mol. The van der Waals surface area contributed by atoms with Gasteiger partial charge >= 0.3 is 5.97 Å². The molecular formula is C16H28IN3O3S. The quantitative estimate of drug-likeness (QED) is 0.170. The van der Waals surface area contributed by atoms with Crippen LogP contribution in [-0.4, -0.2) is 43.3 Å². The highest BCUT2D eigenvalue weighted by atomic mass is 127. The van der Waals surface area contributed by atoms with E-state index in [1.54, 1.807) is 25.2 Å². The van der Waals surface area contributed by atoms with E-state index >= 15 is 0 Å². The van der Waals surface area contributed by atoms with E-state index in [0.29, 0.717) is 32.0 Å². The van der Waals surface area contributed by atoms with Crippen LogP contribution >= 0.6 is 35.3 Å². The highest BCUT2D eigenvalue weighted by Gasteiger charge is 2.23. The molecule has 138 valence electrons. The minimum Gasteiger partial charge on any atom is -0.466 e. The Bertz CT molecular complexity index is 493.